The predicted molar refractivity (Wildman–Crippen MR) is 83.9 cm³/mol. The quantitative estimate of drug-likeness (QED) is 0.831. The maximum atomic E-state index is 13.1. The molecule has 0 bridgehead atoms. The van der Waals surface area contributed by atoms with Crippen LogP contribution in [0, 0.1) is 19.7 Å². The fourth-order valence-corrected chi connectivity index (χ4v) is 2.20. The summed E-state index contributed by atoms with van der Waals surface area (Å²) in [6.07, 6.45) is 0. The molecule has 0 atom stereocenters. The zero-order valence-electron chi connectivity index (χ0n) is 11.3. The number of hydrogen-bond acceptors (Lipinski definition) is 2. The highest BCUT2D eigenvalue weighted by molar-refractivity contribution is 7.80. The molecule has 0 aliphatic heterocycles. The van der Waals surface area contributed by atoms with Crippen LogP contribution in [0.2, 0.25) is 5.02 Å². The Morgan fingerprint density at radius 3 is 2.60 bits per heavy atom. The number of nitrogens with zero attached hydrogens (tertiary/aromatic N) is 2. The van der Waals surface area contributed by atoms with Crippen LogP contribution in [-0.4, -0.2) is 14.9 Å². The van der Waals surface area contributed by atoms with Gasteiger partial charge in [-0.25, -0.2) is 4.39 Å². The molecule has 0 aliphatic carbocycles. The molecule has 106 valence electrons. The fourth-order valence-electron chi connectivity index (χ4n) is 1.80. The van der Waals surface area contributed by atoms with E-state index in [0.29, 0.717) is 10.8 Å². The molecule has 2 rings (SSSR count). The summed E-state index contributed by atoms with van der Waals surface area (Å²) >= 11 is 10.9. The van der Waals surface area contributed by atoms with Crippen LogP contribution in [0.15, 0.2) is 18.2 Å². The zero-order valence-corrected chi connectivity index (χ0v) is 12.9. The number of benzene rings is 1. The van der Waals surface area contributed by atoms with E-state index in [0.717, 1.165) is 17.1 Å². The molecule has 1 aromatic heterocycles. The van der Waals surface area contributed by atoms with E-state index < -0.39 is 5.82 Å². The van der Waals surface area contributed by atoms with Crippen molar-refractivity contribution in [1.29, 1.82) is 0 Å². The summed E-state index contributed by atoms with van der Waals surface area (Å²) in [6, 6.07) is 4.33. The van der Waals surface area contributed by atoms with Crippen molar-refractivity contribution < 1.29 is 4.39 Å². The molecule has 1 aromatic carbocycles. The minimum absolute atomic E-state index is 0.0477. The van der Waals surface area contributed by atoms with Crippen LogP contribution in [0.3, 0.4) is 0 Å². The predicted octanol–water partition coefficient (Wildman–Crippen LogP) is 3.64. The standard InChI is InChI=1S/C13H14ClFN4S/c1-7-12(8(2)19(3)18-7)17-13(20)16-9-4-5-11(15)10(14)6-9/h4-6H,1-3H3,(H2,16,17,20). The molecule has 20 heavy (non-hydrogen) atoms. The molecule has 0 unspecified atom stereocenters. The van der Waals surface area contributed by atoms with E-state index in [4.69, 9.17) is 23.8 Å². The average molecular weight is 313 g/mol. The monoisotopic (exact) mass is 312 g/mol. The van der Waals surface area contributed by atoms with Crippen LogP contribution >= 0.6 is 23.8 Å². The Morgan fingerprint density at radius 2 is 2.05 bits per heavy atom. The first-order chi connectivity index (χ1) is 9.38. The molecule has 0 amide bonds. The normalized spacial score (nSPS) is 10.4. The van der Waals surface area contributed by atoms with E-state index >= 15 is 0 Å². The number of aryl methyl sites for hydroxylation is 2. The number of thiocarbonyl (C=S) groups is 1. The lowest BCUT2D eigenvalue weighted by Crippen LogP contribution is -2.20. The van der Waals surface area contributed by atoms with Crippen molar-refractivity contribution in [3.8, 4) is 0 Å². The second kappa shape index (κ2) is 5.76. The first-order valence-electron chi connectivity index (χ1n) is 5.91. The third kappa shape index (κ3) is 3.08. The smallest absolute Gasteiger partial charge is 0.175 e. The van der Waals surface area contributed by atoms with E-state index in [1.165, 1.54) is 12.1 Å². The van der Waals surface area contributed by atoms with Gasteiger partial charge in [-0.1, -0.05) is 11.6 Å². The number of halogens is 2. The summed E-state index contributed by atoms with van der Waals surface area (Å²) in [4.78, 5) is 0. The zero-order chi connectivity index (χ0) is 14.9. The van der Waals surface area contributed by atoms with Gasteiger partial charge in [-0.05, 0) is 44.3 Å². The summed E-state index contributed by atoms with van der Waals surface area (Å²) in [5.41, 5.74) is 3.31. The minimum atomic E-state index is -0.463. The van der Waals surface area contributed by atoms with Crippen molar-refractivity contribution in [1.82, 2.24) is 9.78 Å². The van der Waals surface area contributed by atoms with E-state index in [-0.39, 0.29) is 5.02 Å². The van der Waals surface area contributed by atoms with Crippen LogP contribution < -0.4 is 10.6 Å². The molecule has 0 aliphatic rings. The van der Waals surface area contributed by atoms with Gasteiger partial charge in [0.1, 0.15) is 5.82 Å². The fraction of sp³-hybridized carbons (Fsp3) is 0.231. The molecule has 0 saturated heterocycles. The molecule has 4 nitrogen and oxygen atoms in total. The molecule has 1 heterocycles. The molecule has 0 spiro atoms. The Balaban J connectivity index is 2.11. The van der Waals surface area contributed by atoms with E-state index in [9.17, 15) is 4.39 Å². The van der Waals surface area contributed by atoms with Crippen molar-refractivity contribution in [2.75, 3.05) is 10.6 Å². The molecular formula is C13H14ClFN4S. The van der Waals surface area contributed by atoms with Gasteiger partial charge in [0.05, 0.1) is 22.1 Å². The van der Waals surface area contributed by atoms with Crippen LogP contribution in [0.4, 0.5) is 15.8 Å². The first-order valence-corrected chi connectivity index (χ1v) is 6.70. The molecule has 0 saturated carbocycles. The summed E-state index contributed by atoms with van der Waals surface area (Å²) < 4.78 is 14.8. The molecule has 0 radical (unpaired) electrons. The molecule has 7 heteroatoms. The Kier molecular flexibility index (Phi) is 4.25. The summed E-state index contributed by atoms with van der Waals surface area (Å²) in [6.45, 7) is 3.84. The third-order valence-corrected chi connectivity index (χ3v) is 3.42. The highest BCUT2D eigenvalue weighted by Gasteiger charge is 2.11. The van der Waals surface area contributed by atoms with Gasteiger partial charge in [0, 0.05) is 12.7 Å². The first kappa shape index (κ1) is 14.7. The number of anilines is 2. The molecule has 2 aromatic rings. The van der Waals surface area contributed by atoms with Gasteiger partial charge >= 0.3 is 0 Å². The van der Waals surface area contributed by atoms with Crippen molar-refractivity contribution in [3.05, 3.63) is 40.4 Å². The Labute approximate surface area is 126 Å². The summed E-state index contributed by atoms with van der Waals surface area (Å²) in [7, 11) is 1.86. The number of rotatable bonds is 2. The van der Waals surface area contributed by atoms with Crippen LogP contribution in [0.25, 0.3) is 0 Å². The summed E-state index contributed by atoms with van der Waals surface area (Å²) in [5.74, 6) is -0.463. The Morgan fingerprint density at radius 1 is 1.35 bits per heavy atom. The lowest BCUT2D eigenvalue weighted by molar-refractivity contribution is 0.628. The van der Waals surface area contributed by atoms with Gasteiger partial charge in [0.15, 0.2) is 5.11 Å². The minimum Gasteiger partial charge on any atom is -0.332 e. The SMILES string of the molecule is Cc1nn(C)c(C)c1NC(=S)Nc1ccc(F)c(Cl)c1. The maximum Gasteiger partial charge on any atom is 0.175 e. The van der Waals surface area contributed by atoms with Crippen LogP contribution in [0.1, 0.15) is 11.4 Å². The Hall–Kier alpha value is -1.66. The lowest BCUT2D eigenvalue weighted by Gasteiger charge is -2.11. The van der Waals surface area contributed by atoms with Gasteiger partial charge in [0.25, 0.3) is 0 Å². The molecule has 0 fully saturated rings. The van der Waals surface area contributed by atoms with Crippen LogP contribution in [-0.2, 0) is 7.05 Å². The van der Waals surface area contributed by atoms with Gasteiger partial charge in [-0.2, -0.15) is 5.10 Å². The average Bonchev–Trinajstić information content (AvgIpc) is 2.61. The molecule has 2 N–H and O–H groups in total. The topological polar surface area (TPSA) is 41.9 Å². The van der Waals surface area contributed by atoms with Gasteiger partial charge in [0.2, 0.25) is 0 Å². The van der Waals surface area contributed by atoms with E-state index in [1.807, 2.05) is 20.9 Å². The lowest BCUT2D eigenvalue weighted by atomic mass is 10.3. The second-order valence-corrected chi connectivity index (χ2v) is 5.19. The Bertz CT molecular complexity index is 669. The van der Waals surface area contributed by atoms with Crippen molar-refractivity contribution in [2.24, 2.45) is 7.05 Å². The second-order valence-electron chi connectivity index (χ2n) is 4.38. The van der Waals surface area contributed by atoms with Crippen molar-refractivity contribution in [3.63, 3.8) is 0 Å². The van der Waals surface area contributed by atoms with Gasteiger partial charge in [-0.15, -0.1) is 0 Å². The number of aromatic nitrogens is 2. The maximum absolute atomic E-state index is 13.1. The number of nitrogens with one attached hydrogen (secondary N) is 2. The van der Waals surface area contributed by atoms with Gasteiger partial charge in [-0.3, -0.25) is 4.68 Å². The van der Waals surface area contributed by atoms with E-state index in [2.05, 4.69) is 15.7 Å². The van der Waals surface area contributed by atoms with Crippen molar-refractivity contribution in [2.45, 2.75) is 13.8 Å². The summed E-state index contributed by atoms with van der Waals surface area (Å²) in [5, 5.41) is 10.8. The van der Waals surface area contributed by atoms with Crippen LogP contribution in [0.5, 0.6) is 0 Å². The highest BCUT2D eigenvalue weighted by Crippen LogP contribution is 2.21. The van der Waals surface area contributed by atoms with Crippen molar-refractivity contribution >= 4 is 40.3 Å². The highest BCUT2D eigenvalue weighted by atomic mass is 35.5. The third-order valence-electron chi connectivity index (χ3n) is 2.93. The van der Waals surface area contributed by atoms with E-state index in [1.54, 1.807) is 10.7 Å². The molecular weight excluding hydrogens is 299 g/mol. The largest absolute Gasteiger partial charge is 0.332 e. The number of hydrogen-bond donors (Lipinski definition) is 2. The van der Waals surface area contributed by atoms with Gasteiger partial charge < -0.3 is 10.6 Å².